The number of benzene rings is 1. The van der Waals surface area contributed by atoms with Crippen molar-refractivity contribution < 1.29 is 13.6 Å². The molecule has 0 saturated heterocycles. The molecule has 1 saturated carbocycles. The number of para-hydroxylation sites is 1. The molecule has 1 fully saturated rings. The third kappa shape index (κ3) is 2.04. The SMILES string of the molecule is NC(CC(=O)c1cc2cccc(F)c2o1)C1CC1. The number of furan rings is 1. The van der Waals surface area contributed by atoms with Crippen LogP contribution in [0.2, 0.25) is 0 Å². The van der Waals surface area contributed by atoms with Crippen molar-refractivity contribution >= 4 is 16.8 Å². The lowest BCUT2D eigenvalue weighted by atomic mass is 10.1. The van der Waals surface area contributed by atoms with Gasteiger partial charge >= 0.3 is 0 Å². The van der Waals surface area contributed by atoms with Gasteiger partial charge in [0.05, 0.1) is 0 Å². The fourth-order valence-corrected chi connectivity index (χ4v) is 2.17. The smallest absolute Gasteiger partial charge is 0.199 e. The Kier molecular flexibility index (Phi) is 2.67. The van der Waals surface area contributed by atoms with Crippen molar-refractivity contribution in [2.45, 2.75) is 25.3 Å². The van der Waals surface area contributed by atoms with Crippen LogP contribution in [0.1, 0.15) is 29.8 Å². The standard InChI is InChI=1S/C14H14FNO2/c15-10-3-1-2-9-6-13(18-14(9)10)12(17)7-11(16)8-4-5-8/h1-3,6,8,11H,4-5,7,16H2. The maximum absolute atomic E-state index is 13.4. The Hall–Kier alpha value is -1.68. The molecule has 1 unspecified atom stereocenters. The Bertz CT molecular complexity index is 601. The molecule has 1 aliphatic carbocycles. The van der Waals surface area contributed by atoms with Gasteiger partial charge in [0, 0.05) is 17.8 Å². The first kappa shape index (κ1) is 11.4. The second-order valence-electron chi connectivity index (χ2n) is 4.90. The minimum atomic E-state index is -0.446. The molecule has 1 atom stereocenters. The van der Waals surface area contributed by atoms with Crippen LogP contribution in [0.3, 0.4) is 0 Å². The zero-order valence-electron chi connectivity index (χ0n) is 9.86. The predicted octanol–water partition coefficient (Wildman–Crippen LogP) is 2.88. The first-order valence-corrected chi connectivity index (χ1v) is 6.12. The van der Waals surface area contributed by atoms with E-state index in [1.807, 2.05) is 0 Å². The van der Waals surface area contributed by atoms with Crippen LogP contribution in [0.5, 0.6) is 0 Å². The van der Waals surface area contributed by atoms with Crippen LogP contribution in [0.25, 0.3) is 11.0 Å². The maximum Gasteiger partial charge on any atom is 0.199 e. The van der Waals surface area contributed by atoms with E-state index in [0.717, 1.165) is 12.8 Å². The van der Waals surface area contributed by atoms with E-state index in [1.165, 1.54) is 6.07 Å². The van der Waals surface area contributed by atoms with Gasteiger partial charge in [-0.3, -0.25) is 4.79 Å². The predicted molar refractivity (Wildman–Crippen MR) is 65.8 cm³/mol. The third-order valence-corrected chi connectivity index (χ3v) is 3.42. The highest BCUT2D eigenvalue weighted by Gasteiger charge is 2.30. The molecule has 0 radical (unpaired) electrons. The van der Waals surface area contributed by atoms with Crippen molar-refractivity contribution in [1.82, 2.24) is 0 Å². The molecule has 0 bridgehead atoms. The van der Waals surface area contributed by atoms with Crippen LogP contribution in [-0.4, -0.2) is 11.8 Å². The molecule has 2 N–H and O–H groups in total. The van der Waals surface area contributed by atoms with Crippen LogP contribution in [0.15, 0.2) is 28.7 Å². The molecule has 18 heavy (non-hydrogen) atoms. The van der Waals surface area contributed by atoms with Crippen molar-refractivity contribution in [2.24, 2.45) is 11.7 Å². The number of rotatable bonds is 4. The molecule has 1 heterocycles. The molecule has 2 aromatic rings. The molecule has 4 heteroatoms. The third-order valence-electron chi connectivity index (χ3n) is 3.42. The van der Waals surface area contributed by atoms with E-state index in [1.54, 1.807) is 18.2 Å². The second kappa shape index (κ2) is 4.21. The van der Waals surface area contributed by atoms with Crippen LogP contribution >= 0.6 is 0 Å². The van der Waals surface area contributed by atoms with Gasteiger partial charge in [-0.05, 0) is 30.9 Å². The second-order valence-corrected chi connectivity index (χ2v) is 4.90. The number of ketones is 1. The molecule has 3 nitrogen and oxygen atoms in total. The number of hydrogen-bond donors (Lipinski definition) is 1. The summed E-state index contributed by atoms with van der Waals surface area (Å²) in [6.07, 6.45) is 2.47. The average molecular weight is 247 g/mol. The number of halogens is 1. The van der Waals surface area contributed by atoms with E-state index in [0.29, 0.717) is 11.3 Å². The molecule has 0 aliphatic heterocycles. The molecule has 3 rings (SSSR count). The van der Waals surface area contributed by atoms with Gasteiger partial charge < -0.3 is 10.2 Å². The van der Waals surface area contributed by atoms with Crippen LogP contribution in [0.4, 0.5) is 4.39 Å². The average Bonchev–Trinajstić information content (AvgIpc) is 3.09. The van der Waals surface area contributed by atoms with Crippen molar-refractivity contribution in [3.8, 4) is 0 Å². The number of fused-ring (bicyclic) bond motifs is 1. The molecule has 0 spiro atoms. The molecule has 1 aromatic heterocycles. The van der Waals surface area contributed by atoms with Crippen LogP contribution in [-0.2, 0) is 0 Å². The number of nitrogens with two attached hydrogens (primary N) is 1. The first-order valence-electron chi connectivity index (χ1n) is 6.12. The maximum atomic E-state index is 13.4. The zero-order chi connectivity index (χ0) is 12.7. The molecular weight excluding hydrogens is 233 g/mol. The summed E-state index contributed by atoms with van der Waals surface area (Å²) in [4.78, 5) is 12.0. The zero-order valence-corrected chi connectivity index (χ0v) is 9.86. The van der Waals surface area contributed by atoms with E-state index >= 15 is 0 Å². The summed E-state index contributed by atoms with van der Waals surface area (Å²) in [6.45, 7) is 0. The van der Waals surface area contributed by atoms with Gasteiger partial charge in [-0.15, -0.1) is 0 Å². The lowest BCUT2D eigenvalue weighted by molar-refractivity contribution is 0.0946. The van der Waals surface area contributed by atoms with Gasteiger partial charge in [0.1, 0.15) is 0 Å². The number of Topliss-reactive ketones (excluding diaryl/α,β-unsaturated/α-hetero) is 1. The first-order chi connectivity index (χ1) is 8.65. The molecular formula is C14H14FNO2. The largest absolute Gasteiger partial charge is 0.450 e. The monoisotopic (exact) mass is 247 g/mol. The summed E-state index contributed by atoms with van der Waals surface area (Å²) in [5, 5.41) is 0.610. The number of carbonyl (C=O) groups excluding carboxylic acids is 1. The molecule has 0 amide bonds. The van der Waals surface area contributed by atoms with E-state index in [9.17, 15) is 9.18 Å². The minimum Gasteiger partial charge on any atom is -0.450 e. The summed E-state index contributed by atoms with van der Waals surface area (Å²) in [7, 11) is 0. The van der Waals surface area contributed by atoms with Crippen molar-refractivity contribution in [3.05, 3.63) is 35.8 Å². The van der Waals surface area contributed by atoms with Gasteiger partial charge in [-0.25, -0.2) is 4.39 Å². The van der Waals surface area contributed by atoms with E-state index in [4.69, 9.17) is 10.2 Å². The fourth-order valence-electron chi connectivity index (χ4n) is 2.17. The fraction of sp³-hybridized carbons (Fsp3) is 0.357. The van der Waals surface area contributed by atoms with E-state index in [2.05, 4.69) is 0 Å². The normalized spacial score (nSPS) is 17.0. The van der Waals surface area contributed by atoms with Gasteiger partial charge in [0.15, 0.2) is 22.9 Å². The lowest BCUT2D eigenvalue weighted by Gasteiger charge is -2.06. The summed E-state index contributed by atoms with van der Waals surface area (Å²) in [5.41, 5.74) is 6.04. The molecule has 1 aliphatic rings. The summed E-state index contributed by atoms with van der Waals surface area (Å²) < 4.78 is 18.7. The number of hydrogen-bond acceptors (Lipinski definition) is 3. The Morgan fingerprint density at radius 1 is 1.50 bits per heavy atom. The summed E-state index contributed by atoms with van der Waals surface area (Å²) >= 11 is 0. The summed E-state index contributed by atoms with van der Waals surface area (Å²) in [5.74, 6) is 0.0734. The van der Waals surface area contributed by atoms with Gasteiger partial charge in [0.2, 0.25) is 0 Å². The Morgan fingerprint density at radius 2 is 2.28 bits per heavy atom. The van der Waals surface area contributed by atoms with Crippen LogP contribution < -0.4 is 5.73 Å². The highest BCUT2D eigenvalue weighted by Crippen LogP contribution is 2.33. The highest BCUT2D eigenvalue weighted by atomic mass is 19.1. The van der Waals surface area contributed by atoms with Crippen molar-refractivity contribution in [1.29, 1.82) is 0 Å². The van der Waals surface area contributed by atoms with Gasteiger partial charge in [-0.1, -0.05) is 12.1 Å². The molecule has 94 valence electrons. The minimum absolute atomic E-state index is 0.101. The van der Waals surface area contributed by atoms with Gasteiger partial charge in [-0.2, -0.15) is 0 Å². The van der Waals surface area contributed by atoms with Crippen molar-refractivity contribution in [3.63, 3.8) is 0 Å². The summed E-state index contributed by atoms with van der Waals surface area (Å²) in [6, 6.07) is 6.11. The Balaban J connectivity index is 1.84. The lowest BCUT2D eigenvalue weighted by Crippen LogP contribution is -2.25. The van der Waals surface area contributed by atoms with E-state index in [-0.39, 0.29) is 29.6 Å². The van der Waals surface area contributed by atoms with Crippen LogP contribution in [0, 0.1) is 11.7 Å². The molecule has 1 aromatic carbocycles. The Morgan fingerprint density at radius 3 is 2.94 bits per heavy atom. The number of carbonyl (C=O) groups is 1. The van der Waals surface area contributed by atoms with Crippen molar-refractivity contribution in [2.75, 3.05) is 0 Å². The highest BCUT2D eigenvalue weighted by molar-refractivity contribution is 5.97. The Labute approximate surface area is 104 Å². The van der Waals surface area contributed by atoms with E-state index < -0.39 is 5.82 Å². The quantitative estimate of drug-likeness (QED) is 0.845. The topological polar surface area (TPSA) is 56.2 Å². The van der Waals surface area contributed by atoms with Gasteiger partial charge in [0.25, 0.3) is 0 Å².